The summed E-state index contributed by atoms with van der Waals surface area (Å²) in [5.41, 5.74) is 8.59. The van der Waals surface area contributed by atoms with Gasteiger partial charge in [-0.3, -0.25) is 4.90 Å². The van der Waals surface area contributed by atoms with Crippen LogP contribution in [0.2, 0.25) is 5.02 Å². The Labute approximate surface area is 152 Å². The molecule has 0 bridgehead atoms. The monoisotopic (exact) mass is 357 g/mol. The van der Waals surface area contributed by atoms with E-state index in [0.717, 1.165) is 37.1 Å². The molecule has 0 amide bonds. The minimum atomic E-state index is -0.530. The van der Waals surface area contributed by atoms with Gasteiger partial charge in [-0.05, 0) is 43.0 Å². The third kappa shape index (κ3) is 3.85. The highest BCUT2D eigenvalue weighted by Gasteiger charge is 2.24. The Morgan fingerprint density at radius 2 is 2.12 bits per heavy atom. The SMILES string of the molecule is C[C@@H]1CC[C@H](N)CN1Cc1cccc(-c2ccc(C#N)c(F)c2)c1Cl. The minimum Gasteiger partial charge on any atom is -0.327 e. The summed E-state index contributed by atoms with van der Waals surface area (Å²) >= 11 is 6.63. The van der Waals surface area contributed by atoms with Gasteiger partial charge in [0.05, 0.1) is 10.6 Å². The zero-order chi connectivity index (χ0) is 18.0. The number of hydrogen-bond donors (Lipinski definition) is 1. The van der Waals surface area contributed by atoms with Crippen molar-refractivity contribution in [2.45, 2.75) is 38.4 Å². The van der Waals surface area contributed by atoms with Gasteiger partial charge in [0.25, 0.3) is 0 Å². The molecule has 0 unspecified atom stereocenters. The third-order valence-electron chi connectivity index (χ3n) is 4.90. The van der Waals surface area contributed by atoms with Crippen molar-refractivity contribution < 1.29 is 4.39 Å². The maximum atomic E-state index is 13.9. The van der Waals surface area contributed by atoms with E-state index < -0.39 is 5.82 Å². The van der Waals surface area contributed by atoms with E-state index in [-0.39, 0.29) is 11.6 Å². The van der Waals surface area contributed by atoms with E-state index in [1.165, 1.54) is 12.1 Å². The van der Waals surface area contributed by atoms with E-state index in [9.17, 15) is 4.39 Å². The van der Waals surface area contributed by atoms with Gasteiger partial charge >= 0.3 is 0 Å². The molecular formula is C20H21ClFN3. The molecule has 0 aliphatic carbocycles. The molecule has 3 nitrogen and oxygen atoms in total. The molecule has 3 rings (SSSR count). The number of halogens is 2. The maximum Gasteiger partial charge on any atom is 0.141 e. The predicted molar refractivity (Wildman–Crippen MR) is 98.6 cm³/mol. The Balaban J connectivity index is 1.90. The van der Waals surface area contributed by atoms with Gasteiger partial charge < -0.3 is 5.73 Å². The fraction of sp³-hybridized carbons (Fsp3) is 0.350. The van der Waals surface area contributed by atoms with E-state index in [2.05, 4.69) is 11.8 Å². The molecule has 0 spiro atoms. The van der Waals surface area contributed by atoms with E-state index in [1.807, 2.05) is 24.3 Å². The first kappa shape index (κ1) is 17.9. The Kier molecular flexibility index (Phi) is 5.39. The molecule has 5 heteroatoms. The summed E-state index contributed by atoms with van der Waals surface area (Å²) in [6.07, 6.45) is 2.13. The van der Waals surface area contributed by atoms with Gasteiger partial charge in [-0.15, -0.1) is 0 Å². The zero-order valence-electron chi connectivity index (χ0n) is 14.2. The number of benzene rings is 2. The third-order valence-corrected chi connectivity index (χ3v) is 5.35. The summed E-state index contributed by atoms with van der Waals surface area (Å²) < 4.78 is 13.9. The number of rotatable bonds is 3. The van der Waals surface area contributed by atoms with Crippen molar-refractivity contribution in [2.75, 3.05) is 6.54 Å². The topological polar surface area (TPSA) is 53.0 Å². The van der Waals surface area contributed by atoms with Crippen LogP contribution in [-0.4, -0.2) is 23.5 Å². The lowest BCUT2D eigenvalue weighted by molar-refractivity contribution is 0.138. The largest absolute Gasteiger partial charge is 0.327 e. The van der Waals surface area contributed by atoms with Gasteiger partial charge in [0, 0.05) is 30.7 Å². The number of nitrogens with two attached hydrogens (primary N) is 1. The molecule has 1 fully saturated rings. The highest BCUT2D eigenvalue weighted by molar-refractivity contribution is 6.34. The van der Waals surface area contributed by atoms with E-state index >= 15 is 0 Å². The minimum absolute atomic E-state index is 0.0344. The lowest BCUT2D eigenvalue weighted by atomic mass is 9.97. The van der Waals surface area contributed by atoms with Crippen molar-refractivity contribution in [2.24, 2.45) is 5.73 Å². The molecule has 25 heavy (non-hydrogen) atoms. The van der Waals surface area contributed by atoms with Crippen LogP contribution in [0, 0.1) is 17.1 Å². The fourth-order valence-corrected chi connectivity index (χ4v) is 3.64. The fourth-order valence-electron chi connectivity index (χ4n) is 3.35. The van der Waals surface area contributed by atoms with Crippen molar-refractivity contribution >= 4 is 11.6 Å². The van der Waals surface area contributed by atoms with Gasteiger partial charge in [0.2, 0.25) is 0 Å². The average molecular weight is 358 g/mol. The Morgan fingerprint density at radius 1 is 1.32 bits per heavy atom. The van der Waals surface area contributed by atoms with Gasteiger partial charge in [-0.2, -0.15) is 5.26 Å². The summed E-state index contributed by atoms with van der Waals surface area (Å²) in [6.45, 7) is 3.78. The molecule has 1 aliphatic heterocycles. The van der Waals surface area contributed by atoms with Crippen LogP contribution in [0.3, 0.4) is 0 Å². The first-order valence-corrected chi connectivity index (χ1v) is 8.84. The van der Waals surface area contributed by atoms with Crippen LogP contribution in [-0.2, 0) is 6.54 Å². The summed E-state index contributed by atoms with van der Waals surface area (Å²) in [7, 11) is 0. The Morgan fingerprint density at radius 3 is 2.84 bits per heavy atom. The van der Waals surface area contributed by atoms with Gasteiger partial charge in [0.15, 0.2) is 0 Å². The second kappa shape index (κ2) is 7.53. The molecule has 2 atom stereocenters. The summed E-state index contributed by atoms with van der Waals surface area (Å²) in [4.78, 5) is 2.35. The van der Waals surface area contributed by atoms with Crippen LogP contribution in [0.15, 0.2) is 36.4 Å². The van der Waals surface area contributed by atoms with Crippen molar-refractivity contribution in [3.63, 3.8) is 0 Å². The van der Waals surface area contributed by atoms with Crippen LogP contribution in [0.25, 0.3) is 11.1 Å². The van der Waals surface area contributed by atoms with Crippen molar-refractivity contribution in [1.29, 1.82) is 5.26 Å². The lowest BCUT2D eigenvalue weighted by Crippen LogP contribution is -2.46. The molecule has 2 aromatic rings. The maximum absolute atomic E-state index is 13.9. The van der Waals surface area contributed by atoms with E-state index in [4.69, 9.17) is 22.6 Å². The quantitative estimate of drug-likeness (QED) is 0.889. The molecule has 2 aromatic carbocycles. The van der Waals surface area contributed by atoms with Gasteiger partial charge in [0.1, 0.15) is 11.9 Å². The number of nitriles is 1. The highest BCUT2D eigenvalue weighted by Crippen LogP contribution is 2.33. The van der Waals surface area contributed by atoms with Crippen molar-refractivity contribution in [1.82, 2.24) is 4.90 Å². The molecule has 1 heterocycles. The molecule has 130 valence electrons. The number of piperidine rings is 1. The predicted octanol–water partition coefficient (Wildman–Crippen LogP) is 4.33. The molecule has 0 radical (unpaired) electrons. The van der Waals surface area contributed by atoms with Crippen LogP contribution in [0.4, 0.5) is 4.39 Å². The van der Waals surface area contributed by atoms with Crippen LogP contribution in [0.5, 0.6) is 0 Å². The number of nitrogens with zero attached hydrogens (tertiary/aromatic N) is 2. The van der Waals surface area contributed by atoms with Gasteiger partial charge in [-0.25, -0.2) is 4.39 Å². The van der Waals surface area contributed by atoms with Crippen molar-refractivity contribution in [3.8, 4) is 17.2 Å². The Hall–Kier alpha value is -1.93. The first-order valence-electron chi connectivity index (χ1n) is 8.46. The lowest BCUT2D eigenvalue weighted by Gasteiger charge is -2.36. The van der Waals surface area contributed by atoms with E-state index in [1.54, 1.807) is 6.07 Å². The second-order valence-corrected chi connectivity index (χ2v) is 7.08. The molecule has 1 aliphatic rings. The highest BCUT2D eigenvalue weighted by atomic mass is 35.5. The normalized spacial score (nSPS) is 21.1. The molecule has 2 N–H and O–H groups in total. The molecule has 1 saturated heterocycles. The summed E-state index contributed by atoms with van der Waals surface area (Å²) in [5.74, 6) is -0.530. The van der Waals surface area contributed by atoms with Crippen LogP contribution in [0.1, 0.15) is 30.9 Å². The summed E-state index contributed by atoms with van der Waals surface area (Å²) in [6, 6.07) is 12.9. The molecule has 0 aromatic heterocycles. The van der Waals surface area contributed by atoms with Crippen LogP contribution >= 0.6 is 11.6 Å². The zero-order valence-corrected chi connectivity index (χ0v) is 14.9. The standard InChI is InChI=1S/C20H21ClFN3/c1-13-5-8-17(24)12-25(13)11-16-3-2-4-18(20(16)21)14-6-7-15(10-23)19(22)9-14/h2-4,6-7,9,13,17H,5,8,11-12,24H2,1H3/t13-,17+/m1/s1. The van der Waals surface area contributed by atoms with Crippen molar-refractivity contribution in [3.05, 3.63) is 58.4 Å². The van der Waals surface area contributed by atoms with Crippen LogP contribution < -0.4 is 5.73 Å². The smallest absolute Gasteiger partial charge is 0.141 e. The summed E-state index contributed by atoms with van der Waals surface area (Å²) in [5, 5.41) is 9.50. The molecule has 0 saturated carbocycles. The Bertz CT molecular complexity index is 815. The average Bonchev–Trinajstić information content (AvgIpc) is 2.60. The van der Waals surface area contributed by atoms with E-state index in [0.29, 0.717) is 16.6 Å². The molecular weight excluding hydrogens is 337 g/mol. The number of hydrogen-bond acceptors (Lipinski definition) is 3. The second-order valence-electron chi connectivity index (χ2n) is 6.70. The first-order chi connectivity index (χ1) is 12.0. The van der Waals surface area contributed by atoms with Gasteiger partial charge in [-0.1, -0.05) is 35.9 Å². The number of likely N-dealkylation sites (tertiary alicyclic amines) is 1.